The minimum atomic E-state index is -2.51. The van der Waals surface area contributed by atoms with Crippen LogP contribution in [0.2, 0.25) is 0 Å². The summed E-state index contributed by atoms with van der Waals surface area (Å²) >= 11 is 0. The van der Waals surface area contributed by atoms with Gasteiger partial charge in [0.05, 0.1) is 5.69 Å². The highest BCUT2D eigenvalue weighted by molar-refractivity contribution is 7.69. The maximum atomic E-state index is 12.1. The van der Waals surface area contributed by atoms with Crippen molar-refractivity contribution in [2.24, 2.45) is 5.73 Å². The minimum absolute atomic E-state index is 0.401. The Bertz CT molecular complexity index is 645. The number of carbonyl (C=O) groups excluding carboxylic acids is 1. The van der Waals surface area contributed by atoms with E-state index in [2.05, 4.69) is 10.4 Å². The van der Waals surface area contributed by atoms with Crippen LogP contribution in [0, 0.1) is 0 Å². The van der Waals surface area contributed by atoms with Crippen LogP contribution in [-0.4, -0.2) is 29.1 Å². The van der Waals surface area contributed by atoms with Crippen LogP contribution >= 0.6 is 7.14 Å². The molecule has 0 unspecified atom stereocenters. The highest BCUT2D eigenvalue weighted by atomic mass is 31.2. The van der Waals surface area contributed by atoms with Gasteiger partial charge in [-0.3, -0.25) is 5.32 Å². The third-order valence-corrected chi connectivity index (χ3v) is 3.82. The van der Waals surface area contributed by atoms with E-state index in [0.29, 0.717) is 11.3 Å². The summed E-state index contributed by atoms with van der Waals surface area (Å²) in [5.74, 6) is 0.401. The van der Waals surface area contributed by atoms with Gasteiger partial charge >= 0.3 is 6.03 Å². The van der Waals surface area contributed by atoms with Gasteiger partial charge in [0.15, 0.2) is 0 Å². The monoisotopic (exact) mass is 278 g/mol. The Hall–Kier alpha value is -2.07. The molecule has 2 aromatic rings. The molecule has 0 aliphatic carbocycles. The van der Waals surface area contributed by atoms with Crippen molar-refractivity contribution in [3.8, 4) is 5.69 Å². The van der Waals surface area contributed by atoms with Crippen molar-refractivity contribution >= 4 is 24.4 Å². The van der Waals surface area contributed by atoms with Crippen molar-refractivity contribution < 1.29 is 9.36 Å². The molecule has 1 aromatic heterocycles. The maximum absolute atomic E-state index is 12.1. The van der Waals surface area contributed by atoms with Gasteiger partial charge in [-0.05, 0) is 25.5 Å². The molecule has 1 heterocycles. The van der Waals surface area contributed by atoms with Crippen molar-refractivity contribution in [2.75, 3.05) is 18.6 Å². The number of para-hydroxylation sites is 1. The zero-order valence-electron chi connectivity index (χ0n) is 10.7. The molecule has 6 nitrogen and oxygen atoms in total. The van der Waals surface area contributed by atoms with Crippen LogP contribution in [-0.2, 0) is 4.57 Å². The van der Waals surface area contributed by atoms with Gasteiger partial charge in [-0.15, -0.1) is 0 Å². The van der Waals surface area contributed by atoms with Crippen LogP contribution in [0.15, 0.2) is 36.4 Å². The quantitative estimate of drug-likeness (QED) is 0.836. The number of hydrogen-bond acceptors (Lipinski definition) is 3. The average Bonchev–Trinajstić information content (AvgIpc) is 2.73. The summed E-state index contributed by atoms with van der Waals surface area (Å²) in [6.45, 7) is 3.25. The van der Waals surface area contributed by atoms with E-state index in [1.165, 1.54) is 4.68 Å². The summed E-state index contributed by atoms with van der Waals surface area (Å²) in [4.78, 5) is 11.0. The smallest absolute Gasteiger partial charge is 0.317 e. The van der Waals surface area contributed by atoms with Crippen LogP contribution < -0.4 is 16.5 Å². The van der Waals surface area contributed by atoms with Gasteiger partial charge in [-0.1, -0.05) is 18.2 Å². The predicted octanol–water partition coefficient (Wildman–Crippen LogP) is 1.61. The highest BCUT2D eigenvalue weighted by Crippen LogP contribution is 2.35. The molecular formula is C12H15N4O2P. The van der Waals surface area contributed by atoms with Crippen molar-refractivity contribution in [1.29, 1.82) is 0 Å². The number of urea groups is 1. The molecule has 7 heteroatoms. The number of amides is 2. The Morgan fingerprint density at radius 3 is 2.47 bits per heavy atom. The molecule has 0 spiro atoms. The summed E-state index contributed by atoms with van der Waals surface area (Å²) in [6, 6.07) is 10.1. The number of hydrogen-bond donors (Lipinski definition) is 2. The second kappa shape index (κ2) is 4.90. The van der Waals surface area contributed by atoms with Crippen LogP contribution in [0.25, 0.3) is 5.69 Å². The normalized spacial score (nSPS) is 11.3. The Labute approximate surface area is 111 Å². The fraction of sp³-hybridized carbons (Fsp3) is 0.167. The SMILES string of the molecule is CP(C)(=O)c1cc(NC(N)=O)n(-c2ccccc2)n1. The number of primary amides is 1. The molecule has 0 fully saturated rings. The fourth-order valence-corrected chi connectivity index (χ4v) is 2.35. The van der Waals surface area contributed by atoms with Crippen molar-refractivity contribution in [1.82, 2.24) is 9.78 Å². The first-order valence-corrected chi connectivity index (χ1v) is 8.25. The van der Waals surface area contributed by atoms with Gasteiger partial charge in [0.1, 0.15) is 18.4 Å². The molecule has 0 bridgehead atoms. The van der Waals surface area contributed by atoms with Crippen LogP contribution in [0.4, 0.5) is 10.6 Å². The number of benzene rings is 1. The first-order chi connectivity index (χ1) is 8.88. The van der Waals surface area contributed by atoms with E-state index in [-0.39, 0.29) is 0 Å². The van der Waals surface area contributed by atoms with Gasteiger partial charge in [0.2, 0.25) is 0 Å². The van der Waals surface area contributed by atoms with E-state index >= 15 is 0 Å². The Balaban J connectivity index is 2.55. The zero-order valence-corrected chi connectivity index (χ0v) is 11.6. The zero-order chi connectivity index (χ0) is 14.0. The van der Waals surface area contributed by atoms with E-state index in [0.717, 1.165) is 5.69 Å². The average molecular weight is 278 g/mol. The second-order valence-corrected chi connectivity index (χ2v) is 7.64. The molecule has 0 aliphatic heterocycles. The Morgan fingerprint density at radius 2 is 1.95 bits per heavy atom. The molecule has 2 amide bonds. The largest absolute Gasteiger partial charge is 0.351 e. The second-order valence-electron chi connectivity index (χ2n) is 4.48. The van der Waals surface area contributed by atoms with Gasteiger partial charge in [0, 0.05) is 6.07 Å². The molecule has 2 rings (SSSR count). The predicted molar refractivity (Wildman–Crippen MR) is 75.9 cm³/mol. The topological polar surface area (TPSA) is 90.0 Å². The summed E-state index contributed by atoms with van der Waals surface area (Å²) in [5, 5.41) is 6.77. The van der Waals surface area contributed by atoms with Gasteiger partial charge in [-0.25, -0.2) is 9.48 Å². The van der Waals surface area contributed by atoms with Crippen molar-refractivity contribution in [3.63, 3.8) is 0 Å². The lowest BCUT2D eigenvalue weighted by Gasteiger charge is -2.06. The van der Waals surface area contributed by atoms with E-state index in [9.17, 15) is 9.36 Å². The number of aromatic nitrogens is 2. The van der Waals surface area contributed by atoms with Crippen molar-refractivity contribution in [2.45, 2.75) is 0 Å². The molecule has 0 saturated heterocycles. The number of nitrogens with two attached hydrogens (primary N) is 1. The number of anilines is 1. The Kier molecular flexibility index (Phi) is 3.44. The summed E-state index contributed by atoms with van der Waals surface area (Å²) < 4.78 is 13.6. The summed E-state index contributed by atoms with van der Waals surface area (Å²) in [7, 11) is -2.51. The first kappa shape index (κ1) is 13.4. The minimum Gasteiger partial charge on any atom is -0.351 e. The number of carbonyl (C=O) groups is 1. The molecule has 0 atom stereocenters. The number of rotatable bonds is 3. The van der Waals surface area contributed by atoms with Crippen LogP contribution in [0.5, 0.6) is 0 Å². The highest BCUT2D eigenvalue weighted by Gasteiger charge is 2.19. The summed E-state index contributed by atoms with van der Waals surface area (Å²) in [6.07, 6.45) is 0. The van der Waals surface area contributed by atoms with Gasteiger partial charge in [-0.2, -0.15) is 5.10 Å². The molecule has 19 heavy (non-hydrogen) atoms. The standard InChI is InChI=1S/C12H15N4O2P/c1-19(2,18)11-8-10(14-12(13)17)16(15-11)9-6-4-3-5-7-9/h3-8H,1-2H3,(H3,13,14,17). The molecule has 0 aliphatic rings. The lowest BCUT2D eigenvalue weighted by atomic mass is 10.3. The van der Waals surface area contributed by atoms with E-state index < -0.39 is 13.2 Å². The van der Waals surface area contributed by atoms with Crippen molar-refractivity contribution in [3.05, 3.63) is 36.4 Å². The molecular weight excluding hydrogens is 263 g/mol. The third-order valence-electron chi connectivity index (χ3n) is 2.50. The van der Waals surface area contributed by atoms with E-state index in [1.54, 1.807) is 19.4 Å². The summed E-state index contributed by atoms with van der Waals surface area (Å²) in [5.41, 5.74) is 6.33. The first-order valence-electron chi connectivity index (χ1n) is 5.65. The maximum Gasteiger partial charge on any atom is 0.317 e. The lowest BCUT2D eigenvalue weighted by Crippen LogP contribution is -2.21. The molecule has 0 saturated carbocycles. The molecule has 100 valence electrons. The van der Waals surface area contributed by atoms with Gasteiger partial charge < -0.3 is 10.3 Å². The van der Waals surface area contributed by atoms with Crippen LogP contribution in [0.3, 0.4) is 0 Å². The third kappa shape index (κ3) is 3.03. The number of nitrogens with zero attached hydrogens (tertiary/aromatic N) is 2. The Morgan fingerprint density at radius 1 is 1.32 bits per heavy atom. The fourth-order valence-electron chi connectivity index (χ4n) is 1.61. The molecule has 3 N–H and O–H groups in total. The van der Waals surface area contributed by atoms with E-state index in [1.807, 2.05) is 30.3 Å². The van der Waals surface area contributed by atoms with Crippen LogP contribution in [0.1, 0.15) is 0 Å². The van der Waals surface area contributed by atoms with Gasteiger partial charge in [0.25, 0.3) is 0 Å². The number of nitrogens with one attached hydrogen (secondary N) is 1. The molecule has 0 radical (unpaired) electrons. The lowest BCUT2D eigenvalue weighted by molar-refractivity contribution is 0.259. The van der Waals surface area contributed by atoms with E-state index in [4.69, 9.17) is 5.73 Å². The molecule has 1 aromatic carbocycles.